The first kappa shape index (κ1) is 34.9. The molecule has 3 aromatic rings. The van der Waals surface area contributed by atoms with Gasteiger partial charge in [-0.2, -0.15) is 0 Å². The molecule has 3 aromatic carbocycles. The van der Waals surface area contributed by atoms with Crippen LogP contribution in [-0.4, -0.2) is 52.0 Å². The third-order valence-electron chi connectivity index (χ3n) is 8.81. The Morgan fingerprint density at radius 2 is 1.16 bits per heavy atom. The first-order chi connectivity index (χ1) is 21.7. The molecule has 0 aromatic heterocycles. The van der Waals surface area contributed by atoms with E-state index in [9.17, 15) is 0 Å². The number of nitrogens with zero attached hydrogens (tertiary/aromatic N) is 3. The standard InChI is InChI=1S/C36H49N3O5Si/c1-36(2,3)45(4,5)43-27-32-34(41-25-29-18-11-7-12-19-29)35(42-26-30-20-13-8-14-21-30)33(31(44-32)22-15-23-38-39-37)40-24-28-16-9-6-10-17-28/h6-14,16-21,31-35H,15,22-27H2,1-5H3. The Morgan fingerprint density at radius 1 is 0.711 bits per heavy atom. The van der Waals surface area contributed by atoms with Gasteiger partial charge in [-0.05, 0) is 53.2 Å². The molecular formula is C36H49N3O5Si. The molecule has 0 amide bonds. The van der Waals surface area contributed by atoms with Crippen molar-refractivity contribution in [3.8, 4) is 0 Å². The molecule has 1 aliphatic rings. The Morgan fingerprint density at radius 3 is 1.60 bits per heavy atom. The molecule has 1 saturated heterocycles. The van der Waals surface area contributed by atoms with Crippen LogP contribution >= 0.6 is 0 Å². The van der Waals surface area contributed by atoms with Gasteiger partial charge in [-0.1, -0.05) is 117 Å². The lowest BCUT2D eigenvalue weighted by Gasteiger charge is -2.47. The minimum atomic E-state index is -2.10. The van der Waals surface area contributed by atoms with Crippen LogP contribution in [0.2, 0.25) is 18.1 Å². The van der Waals surface area contributed by atoms with Gasteiger partial charge in [-0.3, -0.25) is 0 Å². The van der Waals surface area contributed by atoms with E-state index in [1.165, 1.54) is 0 Å². The summed E-state index contributed by atoms with van der Waals surface area (Å²) in [6.45, 7) is 13.2. The molecule has 8 nitrogen and oxygen atoms in total. The van der Waals surface area contributed by atoms with Gasteiger partial charge in [0.05, 0.1) is 32.5 Å². The van der Waals surface area contributed by atoms with Crippen LogP contribution in [0.25, 0.3) is 10.4 Å². The molecule has 5 unspecified atom stereocenters. The average Bonchev–Trinajstić information content (AvgIpc) is 3.04. The Hall–Kier alpha value is -3.01. The summed E-state index contributed by atoms with van der Waals surface area (Å²) in [6.07, 6.45) is -0.707. The second-order valence-corrected chi connectivity index (χ2v) is 18.0. The predicted octanol–water partition coefficient (Wildman–Crippen LogP) is 8.62. The lowest BCUT2D eigenvalue weighted by molar-refractivity contribution is -0.270. The van der Waals surface area contributed by atoms with E-state index >= 15 is 0 Å². The first-order valence-corrected chi connectivity index (χ1v) is 18.9. The molecule has 0 radical (unpaired) electrons. The quantitative estimate of drug-likeness (QED) is 0.0519. The molecule has 242 valence electrons. The van der Waals surface area contributed by atoms with Crippen LogP contribution < -0.4 is 0 Å². The zero-order valence-electron chi connectivity index (χ0n) is 27.4. The summed E-state index contributed by atoms with van der Waals surface area (Å²) < 4.78 is 33.9. The highest BCUT2D eigenvalue weighted by molar-refractivity contribution is 6.74. The second kappa shape index (κ2) is 17.1. The van der Waals surface area contributed by atoms with E-state index in [-0.39, 0.29) is 17.2 Å². The molecule has 1 aliphatic heterocycles. The molecule has 0 N–H and O–H groups in total. The number of azide groups is 1. The Bertz CT molecular complexity index is 1320. The Kier molecular flexibility index (Phi) is 13.2. The van der Waals surface area contributed by atoms with Gasteiger partial charge in [0.2, 0.25) is 0 Å². The molecule has 45 heavy (non-hydrogen) atoms. The van der Waals surface area contributed by atoms with Crippen molar-refractivity contribution in [1.29, 1.82) is 0 Å². The summed E-state index contributed by atoms with van der Waals surface area (Å²) in [5, 5.41) is 3.81. The lowest BCUT2D eigenvalue weighted by atomic mass is 9.91. The van der Waals surface area contributed by atoms with E-state index in [1.54, 1.807) is 0 Å². The van der Waals surface area contributed by atoms with Crippen molar-refractivity contribution in [3.05, 3.63) is 118 Å². The number of hydrogen-bond acceptors (Lipinski definition) is 6. The van der Waals surface area contributed by atoms with Gasteiger partial charge in [0.25, 0.3) is 0 Å². The maximum Gasteiger partial charge on any atom is 0.192 e. The van der Waals surface area contributed by atoms with E-state index in [1.807, 2.05) is 54.6 Å². The van der Waals surface area contributed by atoms with Crippen LogP contribution in [0.3, 0.4) is 0 Å². The van der Waals surface area contributed by atoms with Crippen molar-refractivity contribution < 1.29 is 23.4 Å². The molecule has 0 bridgehead atoms. The summed E-state index contributed by atoms with van der Waals surface area (Å²) in [5.74, 6) is 0. The third kappa shape index (κ3) is 10.5. The van der Waals surface area contributed by atoms with Crippen molar-refractivity contribution in [2.45, 2.75) is 102 Å². The van der Waals surface area contributed by atoms with Crippen LogP contribution in [0, 0.1) is 0 Å². The second-order valence-electron chi connectivity index (χ2n) is 13.2. The van der Waals surface area contributed by atoms with Gasteiger partial charge in [0.15, 0.2) is 8.32 Å². The third-order valence-corrected chi connectivity index (χ3v) is 13.3. The van der Waals surface area contributed by atoms with Crippen LogP contribution in [-0.2, 0) is 43.2 Å². The van der Waals surface area contributed by atoms with Crippen molar-refractivity contribution in [1.82, 2.24) is 0 Å². The number of benzene rings is 3. The number of ether oxygens (including phenoxy) is 4. The summed E-state index contributed by atoms with van der Waals surface area (Å²) in [5.41, 5.74) is 12.1. The fourth-order valence-electron chi connectivity index (χ4n) is 5.16. The zero-order chi connectivity index (χ0) is 32.1. The molecular weight excluding hydrogens is 582 g/mol. The topological polar surface area (TPSA) is 94.9 Å². The van der Waals surface area contributed by atoms with Crippen molar-refractivity contribution >= 4 is 8.32 Å². The smallest absolute Gasteiger partial charge is 0.192 e. The Labute approximate surface area is 269 Å². The first-order valence-electron chi connectivity index (χ1n) is 15.9. The van der Waals surface area contributed by atoms with Crippen LogP contribution in [0.1, 0.15) is 50.3 Å². The fourth-order valence-corrected chi connectivity index (χ4v) is 6.18. The van der Waals surface area contributed by atoms with Crippen molar-refractivity contribution in [2.24, 2.45) is 5.11 Å². The van der Waals surface area contributed by atoms with Gasteiger partial charge >= 0.3 is 0 Å². The maximum absolute atomic E-state index is 8.88. The molecule has 5 atom stereocenters. The monoisotopic (exact) mass is 631 g/mol. The summed E-state index contributed by atoms with van der Waals surface area (Å²) in [7, 11) is -2.10. The molecule has 1 heterocycles. The van der Waals surface area contributed by atoms with Gasteiger partial charge in [0.1, 0.15) is 24.4 Å². The summed E-state index contributed by atoms with van der Waals surface area (Å²) in [4.78, 5) is 2.94. The van der Waals surface area contributed by atoms with Gasteiger partial charge < -0.3 is 23.4 Å². The largest absolute Gasteiger partial charge is 0.414 e. The molecule has 0 spiro atoms. The highest BCUT2D eigenvalue weighted by Gasteiger charge is 2.49. The highest BCUT2D eigenvalue weighted by Crippen LogP contribution is 2.38. The molecule has 1 fully saturated rings. The molecule has 4 rings (SSSR count). The number of hydrogen-bond donors (Lipinski definition) is 0. The number of rotatable bonds is 16. The van der Waals surface area contributed by atoms with Gasteiger partial charge in [-0.15, -0.1) is 0 Å². The molecule has 0 aliphatic carbocycles. The van der Waals surface area contributed by atoms with Crippen LogP contribution in [0.5, 0.6) is 0 Å². The Balaban J connectivity index is 1.67. The van der Waals surface area contributed by atoms with Gasteiger partial charge in [0, 0.05) is 11.5 Å². The van der Waals surface area contributed by atoms with E-state index < -0.39 is 26.6 Å². The van der Waals surface area contributed by atoms with E-state index in [2.05, 4.69) is 80.3 Å². The van der Waals surface area contributed by atoms with Gasteiger partial charge in [-0.25, -0.2) is 0 Å². The average molecular weight is 632 g/mol. The van der Waals surface area contributed by atoms with Crippen LogP contribution in [0.4, 0.5) is 0 Å². The fraction of sp³-hybridized carbons (Fsp3) is 0.500. The molecule has 0 saturated carbocycles. The maximum atomic E-state index is 8.88. The van der Waals surface area contributed by atoms with Crippen molar-refractivity contribution in [3.63, 3.8) is 0 Å². The summed E-state index contributed by atoms with van der Waals surface area (Å²) in [6, 6.07) is 30.5. The van der Waals surface area contributed by atoms with E-state index in [4.69, 9.17) is 28.9 Å². The SMILES string of the molecule is CC(C)(C)[Si](C)(C)OCC1OC(CCCN=[N+]=[N-])C(OCc2ccccc2)C(OCc2ccccc2)C1OCc1ccccc1. The van der Waals surface area contributed by atoms with Crippen LogP contribution in [0.15, 0.2) is 96.1 Å². The normalized spacial score (nSPS) is 22.1. The predicted molar refractivity (Wildman–Crippen MR) is 180 cm³/mol. The minimum absolute atomic E-state index is 0.0430. The highest BCUT2D eigenvalue weighted by atomic mass is 28.4. The summed E-state index contributed by atoms with van der Waals surface area (Å²) >= 11 is 0. The zero-order valence-corrected chi connectivity index (χ0v) is 28.4. The lowest BCUT2D eigenvalue weighted by Crippen LogP contribution is -2.61. The van der Waals surface area contributed by atoms with E-state index in [0.29, 0.717) is 45.8 Å². The molecule has 9 heteroatoms. The minimum Gasteiger partial charge on any atom is -0.414 e. The van der Waals surface area contributed by atoms with Crippen molar-refractivity contribution in [2.75, 3.05) is 13.2 Å². The van der Waals surface area contributed by atoms with E-state index in [0.717, 1.165) is 16.7 Å².